The quantitative estimate of drug-likeness (QED) is 0.704. The van der Waals surface area contributed by atoms with Crippen molar-refractivity contribution in [2.75, 3.05) is 17.3 Å². The van der Waals surface area contributed by atoms with Crippen LogP contribution in [0.5, 0.6) is 0 Å². The molecule has 1 aromatic carbocycles. The molecule has 32 heavy (non-hydrogen) atoms. The summed E-state index contributed by atoms with van der Waals surface area (Å²) in [7, 11) is 1.82. The molecule has 2 aromatic rings. The summed E-state index contributed by atoms with van der Waals surface area (Å²) in [4.78, 5) is 35.4. The van der Waals surface area contributed by atoms with Crippen molar-refractivity contribution in [3.05, 3.63) is 46.7 Å². The molecule has 0 unspecified atom stereocenters. The van der Waals surface area contributed by atoms with E-state index >= 15 is 0 Å². The van der Waals surface area contributed by atoms with E-state index in [4.69, 9.17) is 0 Å². The summed E-state index contributed by atoms with van der Waals surface area (Å²) in [5, 5.41) is 5.63. The maximum absolute atomic E-state index is 13.4. The highest BCUT2D eigenvalue weighted by Crippen LogP contribution is 2.33. The Hall–Kier alpha value is -3.17. The molecule has 2 N–H and O–H groups in total. The summed E-state index contributed by atoms with van der Waals surface area (Å²) in [6.45, 7) is 3.63. The number of carbonyl (C=O) groups excluding carboxylic acids is 2. The number of aryl methyl sites for hydroxylation is 1. The van der Waals surface area contributed by atoms with Crippen molar-refractivity contribution in [2.45, 2.75) is 51.6 Å². The first-order chi connectivity index (χ1) is 15.1. The van der Waals surface area contributed by atoms with Gasteiger partial charge in [0.25, 0.3) is 5.91 Å². The van der Waals surface area contributed by atoms with Crippen molar-refractivity contribution in [1.29, 1.82) is 0 Å². The standard InChI is InChI=1S/C22H24F3N5O2/c1-10-19-20(30(3)11(2)21(31)29-19)28-17(26-10)7-12-4-5-14(6-12)27-22(32)13-8-15(23)18(25)16(24)9-13/h8-9,11-12,14H,4-7H2,1-3H3,(H,27,32)(H,29,31)/t11-,12+,14-/m0/s1. The van der Waals surface area contributed by atoms with Crippen molar-refractivity contribution in [2.24, 2.45) is 5.92 Å². The average molecular weight is 447 g/mol. The number of benzene rings is 1. The van der Waals surface area contributed by atoms with E-state index in [0.717, 1.165) is 6.42 Å². The number of carbonyl (C=O) groups is 2. The number of nitrogens with one attached hydrogen (secondary N) is 2. The Morgan fingerprint density at radius 2 is 1.91 bits per heavy atom. The summed E-state index contributed by atoms with van der Waals surface area (Å²) in [5.74, 6) is -3.55. The molecule has 2 aliphatic rings. The molecule has 4 rings (SSSR count). The summed E-state index contributed by atoms with van der Waals surface area (Å²) in [5.41, 5.74) is 1.06. The van der Waals surface area contributed by atoms with Crippen LogP contribution < -0.4 is 15.5 Å². The number of nitrogens with zero attached hydrogens (tertiary/aromatic N) is 3. The van der Waals surface area contributed by atoms with Gasteiger partial charge < -0.3 is 15.5 Å². The number of rotatable bonds is 4. The highest BCUT2D eigenvalue weighted by atomic mass is 19.2. The third-order valence-electron chi connectivity index (χ3n) is 6.25. The lowest BCUT2D eigenvalue weighted by Gasteiger charge is -2.32. The highest BCUT2D eigenvalue weighted by Gasteiger charge is 2.32. The molecule has 1 fully saturated rings. The van der Waals surface area contributed by atoms with Gasteiger partial charge in [-0.25, -0.2) is 23.1 Å². The fraction of sp³-hybridized carbons (Fsp3) is 0.455. The predicted octanol–water partition coefficient (Wildman–Crippen LogP) is 3.12. The molecule has 1 aliphatic carbocycles. The third kappa shape index (κ3) is 4.13. The molecule has 3 atom stereocenters. The second kappa shape index (κ2) is 8.40. The predicted molar refractivity (Wildman–Crippen MR) is 112 cm³/mol. The number of anilines is 2. The number of aromatic nitrogens is 2. The molecule has 0 spiro atoms. The van der Waals surface area contributed by atoms with Gasteiger partial charge in [0, 0.05) is 25.1 Å². The fourth-order valence-corrected chi connectivity index (χ4v) is 4.30. The van der Waals surface area contributed by atoms with Crippen molar-refractivity contribution in [3.8, 4) is 0 Å². The van der Waals surface area contributed by atoms with Crippen LogP contribution in [0.3, 0.4) is 0 Å². The van der Waals surface area contributed by atoms with Crippen LogP contribution in [0.2, 0.25) is 0 Å². The Bertz CT molecular complexity index is 1070. The van der Waals surface area contributed by atoms with Crippen molar-refractivity contribution in [3.63, 3.8) is 0 Å². The Labute approximate surface area is 183 Å². The number of likely N-dealkylation sites (N-methyl/N-ethyl adjacent to an activating group) is 1. The van der Waals surface area contributed by atoms with Crippen molar-refractivity contribution < 1.29 is 22.8 Å². The molecule has 0 radical (unpaired) electrons. The molecule has 1 saturated carbocycles. The molecule has 0 saturated heterocycles. The minimum absolute atomic E-state index is 0.102. The minimum atomic E-state index is -1.59. The van der Waals surface area contributed by atoms with Gasteiger partial charge in [-0.3, -0.25) is 9.59 Å². The first-order valence-corrected chi connectivity index (χ1v) is 10.5. The van der Waals surface area contributed by atoms with Gasteiger partial charge in [0.05, 0.1) is 5.69 Å². The molecule has 1 aromatic heterocycles. The fourth-order valence-electron chi connectivity index (χ4n) is 4.30. The number of halogens is 3. The summed E-state index contributed by atoms with van der Waals surface area (Å²) >= 11 is 0. The van der Waals surface area contributed by atoms with E-state index in [9.17, 15) is 22.8 Å². The molecule has 2 heterocycles. The lowest BCUT2D eigenvalue weighted by Crippen LogP contribution is -2.45. The van der Waals surface area contributed by atoms with E-state index in [1.54, 1.807) is 6.92 Å². The maximum atomic E-state index is 13.4. The Morgan fingerprint density at radius 3 is 2.59 bits per heavy atom. The van der Waals surface area contributed by atoms with Crippen LogP contribution in [0.15, 0.2) is 12.1 Å². The minimum Gasteiger partial charge on any atom is -0.349 e. The monoisotopic (exact) mass is 447 g/mol. The van der Waals surface area contributed by atoms with Gasteiger partial charge in [0.2, 0.25) is 5.91 Å². The lowest BCUT2D eigenvalue weighted by atomic mass is 10.0. The zero-order valence-electron chi connectivity index (χ0n) is 18.0. The normalized spacial score (nSPS) is 22.5. The van der Waals surface area contributed by atoms with Crippen LogP contribution in [0, 0.1) is 30.3 Å². The van der Waals surface area contributed by atoms with E-state index in [-0.39, 0.29) is 29.5 Å². The zero-order valence-corrected chi connectivity index (χ0v) is 18.0. The van der Waals surface area contributed by atoms with Gasteiger partial charge in [-0.1, -0.05) is 0 Å². The zero-order chi connectivity index (χ0) is 23.2. The molecule has 7 nitrogen and oxygen atoms in total. The summed E-state index contributed by atoms with van der Waals surface area (Å²) in [6, 6.07) is 0.890. The molecule has 170 valence electrons. The van der Waals surface area contributed by atoms with Crippen LogP contribution in [0.1, 0.15) is 48.1 Å². The number of hydrogen-bond donors (Lipinski definition) is 2. The van der Waals surface area contributed by atoms with Crippen LogP contribution in [-0.2, 0) is 11.2 Å². The van der Waals surface area contributed by atoms with Crippen LogP contribution in [-0.4, -0.2) is 40.9 Å². The Balaban J connectivity index is 1.41. The molecule has 1 aliphatic heterocycles. The van der Waals surface area contributed by atoms with Gasteiger partial charge in [-0.15, -0.1) is 0 Å². The smallest absolute Gasteiger partial charge is 0.251 e. The Morgan fingerprint density at radius 1 is 1.22 bits per heavy atom. The summed E-state index contributed by atoms with van der Waals surface area (Å²) < 4.78 is 39.9. The van der Waals surface area contributed by atoms with E-state index in [1.165, 1.54) is 0 Å². The number of fused-ring (bicyclic) bond motifs is 1. The van der Waals surface area contributed by atoms with Crippen LogP contribution in [0.25, 0.3) is 0 Å². The molecule has 10 heteroatoms. The highest BCUT2D eigenvalue weighted by molar-refractivity contribution is 6.02. The lowest BCUT2D eigenvalue weighted by molar-refractivity contribution is -0.117. The number of amides is 2. The topological polar surface area (TPSA) is 87.2 Å². The van der Waals surface area contributed by atoms with Crippen LogP contribution >= 0.6 is 0 Å². The van der Waals surface area contributed by atoms with E-state index < -0.39 is 23.4 Å². The molecular formula is C22H24F3N5O2. The summed E-state index contributed by atoms with van der Waals surface area (Å²) in [6.07, 6.45) is 2.82. The SMILES string of the molecule is Cc1nc(C[C@@H]2CC[C@H](NC(=O)c3cc(F)c(F)c(F)c3)C2)nc2c1NC(=O)[C@H](C)N2C. The molecular weight excluding hydrogens is 423 g/mol. The van der Waals surface area contributed by atoms with E-state index in [0.29, 0.717) is 54.4 Å². The third-order valence-corrected chi connectivity index (χ3v) is 6.25. The van der Waals surface area contributed by atoms with E-state index in [1.807, 2.05) is 18.9 Å². The van der Waals surface area contributed by atoms with Crippen molar-refractivity contribution in [1.82, 2.24) is 15.3 Å². The number of hydrogen-bond acceptors (Lipinski definition) is 5. The van der Waals surface area contributed by atoms with Crippen LogP contribution in [0.4, 0.5) is 24.7 Å². The van der Waals surface area contributed by atoms with Gasteiger partial charge in [-0.2, -0.15) is 0 Å². The van der Waals surface area contributed by atoms with Crippen molar-refractivity contribution >= 4 is 23.3 Å². The van der Waals surface area contributed by atoms with Gasteiger partial charge in [-0.05, 0) is 51.2 Å². The molecule has 0 bridgehead atoms. The van der Waals surface area contributed by atoms with Gasteiger partial charge >= 0.3 is 0 Å². The maximum Gasteiger partial charge on any atom is 0.251 e. The first kappa shape index (κ1) is 22.0. The molecule has 2 amide bonds. The second-order valence-corrected chi connectivity index (χ2v) is 8.51. The Kier molecular flexibility index (Phi) is 5.79. The second-order valence-electron chi connectivity index (χ2n) is 8.51. The first-order valence-electron chi connectivity index (χ1n) is 10.5. The van der Waals surface area contributed by atoms with Gasteiger partial charge in [0.15, 0.2) is 23.3 Å². The average Bonchev–Trinajstić information content (AvgIpc) is 3.17. The van der Waals surface area contributed by atoms with Gasteiger partial charge in [0.1, 0.15) is 17.6 Å². The van der Waals surface area contributed by atoms with E-state index in [2.05, 4.69) is 20.6 Å². The largest absolute Gasteiger partial charge is 0.349 e.